The lowest BCUT2D eigenvalue weighted by Crippen LogP contribution is -2.06. The SMILES string of the molecule is CCn1cc(-c2nc(N)c3c(n2)CCCCC3)cn1. The highest BCUT2D eigenvalue weighted by molar-refractivity contribution is 5.57. The van der Waals surface area contributed by atoms with Gasteiger partial charge in [-0.25, -0.2) is 9.97 Å². The maximum Gasteiger partial charge on any atom is 0.164 e. The summed E-state index contributed by atoms with van der Waals surface area (Å²) in [7, 11) is 0. The van der Waals surface area contributed by atoms with Gasteiger partial charge in [-0.2, -0.15) is 5.10 Å². The van der Waals surface area contributed by atoms with Crippen molar-refractivity contribution in [3.63, 3.8) is 0 Å². The highest BCUT2D eigenvalue weighted by Gasteiger charge is 2.16. The lowest BCUT2D eigenvalue weighted by atomic mass is 10.1. The lowest BCUT2D eigenvalue weighted by molar-refractivity contribution is 0.660. The molecule has 0 aliphatic heterocycles. The van der Waals surface area contributed by atoms with Crippen molar-refractivity contribution in [2.75, 3.05) is 5.73 Å². The monoisotopic (exact) mass is 257 g/mol. The molecular weight excluding hydrogens is 238 g/mol. The lowest BCUT2D eigenvalue weighted by Gasteiger charge is -2.09. The van der Waals surface area contributed by atoms with E-state index in [0.717, 1.165) is 36.2 Å². The summed E-state index contributed by atoms with van der Waals surface area (Å²) < 4.78 is 1.88. The normalized spacial score (nSPS) is 15.0. The minimum Gasteiger partial charge on any atom is -0.383 e. The van der Waals surface area contributed by atoms with Crippen LogP contribution in [0.4, 0.5) is 5.82 Å². The topological polar surface area (TPSA) is 69.6 Å². The van der Waals surface area contributed by atoms with Gasteiger partial charge in [-0.3, -0.25) is 4.68 Å². The molecule has 0 saturated carbocycles. The fourth-order valence-corrected chi connectivity index (χ4v) is 2.58. The Kier molecular flexibility index (Phi) is 3.19. The Labute approximate surface area is 112 Å². The number of nitrogens with two attached hydrogens (primary N) is 1. The predicted molar refractivity (Wildman–Crippen MR) is 74.6 cm³/mol. The predicted octanol–water partition coefficient (Wildman–Crippen LogP) is 2.21. The first-order valence-electron chi connectivity index (χ1n) is 6.96. The van der Waals surface area contributed by atoms with E-state index in [0.29, 0.717) is 11.6 Å². The Bertz CT molecular complexity index is 588. The van der Waals surface area contributed by atoms with Gasteiger partial charge >= 0.3 is 0 Å². The minimum atomic E-state index is 0.645. The molecule has 0 saturated heterocycles. The van der Waals surface area contributed by atoms with Gasteiger partial charge < -0.3 is 5.73 Å². The molecule has 0 unspecified atom stereocenters. The molecule has 3 rings (SSSR count). The summed E-state index contributed by atoms with van der Waals surface area (Å²) in [5, 5.41) is 4.27. The van der Waals surface area contributed by atoms with Crippen molar-refractivity contribution < 1.29 is 0 Å². The van der Waals surface area contributed by atoms with E-state index in [1.807, 2.05) is 10.9 Å². The van der Waals surface area contributed by atoms with Gasteiger partial charge in [0, 0.05) is 24.0 Å². The van der Waals surface area contributed by atoms with Gasteiger partial charge in [-0.05, 0) is 32.6 Å². The van der Waals surface area contributed by atoms with Gasteiger partial charge in [0.1, 0.15) is 5.82 Å². The molecule has 1 aliphatic carbocycles. The zero-order valence-corrected chi connectivity index (χ0v) is 11.3. The number of aromatic nitrogens is 4. The van der Waals surface area contributed by atoms with Crippen LogP contribution in [0.5, 0.6) is 0 Å². The van der Waals surface area contributed by atoms with E-state index in [-0.39, 0.29) is 0 Å². The summed E-state index contributed by atoms with van der Waals surface area (Å²) in [6.07, 6.45) is 9.43. The average Bonchev–Trinajstić information content (AvgIpc) is 2.77. The van der Waals surface area contributed by atoms with Gasteiger partial charge in [0.2, 0.25) is 0 Å². The third-order valence-corrected chi connectivity index (χ3v) is 3.68. The molecule has 19 heavy (non-hydrogen) atoms. The third-order valence-electron chi connectivity index (χ3n) is 3.68. The smallest absolute Gasteiger partial charge is 0.164 e. The molecular formula is C14H19N5. The van der Waals surface area contributed by atoms with Gasteiger partial charge in [-0.15, -0.1) is 0 Å². The van der Waals surface area contributed by atoms with Crippen molar-refractivity contribution in [1.29, 1.82) is 0 Å². The van der Waals surface area contributed by atoms with E-state index < -0.39 is 0 Å². The highest BCUT2D eigenvalue weighted by Crippen LogP contribution is 2.26. The number of rotatable bonds is 2. The van der Waals surface area contributed by atoms with Gasteiger partial charge in [-0.1, -0.05) is 6.42 Å². The summed E-state index contributed by atoms with van der Waals surface area (Å²) in [5.74, 6) is 1.35. The second kappa shape index (κ2) is 4.99. The van der Waals surface area contributed by atoms with Crippen molar-refractivity contribution >= 4 is 5.82 Å². The van der Waals surface area contributed by atoms with Gasteiger partial charge in [0.15, 0.2) is 5.82 Å². The summed E-state index contributed by atoms with van der Waals surface area (Å²) in [4.78, 5) is 9.17. The van der Waals surface area contributed by atoms with E-state index in [4.69, 9.17) is 10.7 Å². The van der Waals surface area contributed by atoms with Gasteiger partial charge in [0.05, 0.1) is 11.8 Å². The molecule has 0 atom stereocenters. The molecule has 0 spiro atoms. The minimum absolute atomic E-state index is 0.645. The molecule has 2 aromatic heterocycles. The van der Waals surface area contributed by atoms with E-state index >= 15 is 0 Å². The van der Waals surface area contributed by atoms with Crippen LogP contribution in [0, 0.1) is 0 Å². The molecule has 2 heterocycles. The molecule has 0 aromatic carbocycles. The number of nitrogens with zero attached hydrogens (tertiary/aromatic N) is 4. The van der Waals surface area contributed by atoms with E-state index in [1.54, 1.807) is 6.20 Å². The fourth-order valence-electron chi connectivity index (χ4n) is 2.58. The van der Waals surface area contributed by atoms with Crippen LogP contribution < -0.4 is 5.73 Å². The van der Waals surface area contributed by atoms with Crippen LogP contribution in [0.25, 0.3) is 11.4 Å². The third kappa shape index (κ3) is 2.32. The molecule has 0 radical (unpaired) electrons. The zero-order valence-electron chi connectivity index (χ0n) is 11.3. The first kappa shape index (κ1) is 12.1. The summed E-state index contributed by atoms with van der Waals surface area (Å²) in [6.45, 7) is 2.91. The molecule has 1 aliphatic rings. The number of hydrogen-bond acceptors (Lipinski definition) is 4. The van der Waals surface area contributed by atoms with Crippen molar-refractivity contribution in [3.8, 4) is 11.4 Å². The van der Waals surface area contributed by atoms with Crippen molar-refractivity contribution in [2.45, 2.75) is 45.6 Å². The van der Waals surface area contributed by atoms with E-state index in [1.165, 1.54) is 19.3 Å². The highest BCUT2D eigenvalue weighted by atomic mass is 15.3. The number of nitrogen functional groups attached to an aromatic ring is 1. The van der Waals surface area contributed by atoms with E-state index in [2.05, 4.69) is 17.0 Å². The Morgan fingerprint density at radius 1 is 1.21 bits per heavy atom. The Balaban J connectivity index is 2.03. The summed E-state index contributed by atoms with van der Waals surface area (Å²) in [6, 6.07) is 0. The maximum absolute atomic E-state index is 6.11. The van der Waals surface area contributed by atoms with Crippen LogP contribution >= 0.6 is 0 Å². The standard InChI is InChI=1S/C14H19N5/c1-2-19-9-10(8-16-19)14-17-12-7-5-3-4-6-11(12)13(15)18-14/h8-9H,2-7H2,1H3,(H2,15,17,18). The quantitative estimate of drug-likeness (QED) is 0.837. The van der Waals surface area contributed by atoms with Crippen molar-refractivity contribution in [3.05, 3.63) is 23.7 Å². The first-order valence-corrected chi connectivity index (χ1v) is 6.96. The number of aryl methyl sites for hydroxylation is 2. The molecule has 0 bridgehead atoms. The Hall–Kier alpha value is -1.91. The molecule has 2 aromatic rings. The number of hydrogen-bond donors (Lipinski definition) is 1. The molecule has 5 heteroatoms. The Morgan fingerprint density at radius 2 is 2.05 bits per heavy atom. The second-order valence-electron chi connectivity index (χ2n) is 5.00. The first-order chi connectivity index (χ1) is 9.28. The molecule has 2 N–H and O–H groups in total. The Morgan fingerprint density at radius 3 is 2.84 bits per heavy atom. The fraction of sp³-hybridized carbons (Fsp3) is 0.500. The summed E-state index contributed by atoms with van der Waals surface area (Å²) >= 11 is 0. The van der Waals surface area contributed by atoms with Crippen LogP contribution in [0.3, 0.4) is 0 Å². The van der Waals surface area contributed by atoms with Crippen LogP contribution in [0.2, 0.25) is 0 Å². The van der Waals surface area contributed by atoms with Crippen LogP contribution in [-0.2, 0) is 19.4 Å². The largest absolute Gasteiger partial charge is 0.383 e. The van der Waals surface area contributed by atoms with Crippen LogP contribution in [0.15, 0.2) is 12.4 Å². The number of anilines is 1. The molecule has 0 fully saturated rings. The zero-order chi connectivity index (χ0) is 13.2. The van der Waals surface area contributed by atoms with Crippen LogP contribution in [-0.4, -0.2) is 19.7 Å². The summed E-state index contributed by atoms with van der Waals surface area (Å²) in [5.41, 5.74) is 9.34. The number of fused-ring (bicyclic) bond motifs is 1. The second-order valence-corrected chi connectivity index (χ2v) is 5.00. The molecule has 5 nitrogen and oxygen atoms in total. The van der Waals surface area contributed by atoms with Crippen molar-refractivity contribution in [1.82, 2.24) is 19.7 Å². The van der Waals surface area contributed by atoms with Gasteiger partial charge in [0.25, 0.3) is 0 Å². The molecule has 100 valence electrons. The molecule has 0 amide bonds. The maximum atomic E-state index is 6.11. The van der Waals surface area contributed by atoms with Crippen molar-refractivity contribution in [2.24, 2.45) is 0 Å². The van der Waals surface area contributed by atoms with Crippen LogP contribution in [0.1, 0.15) is 37.4 Å². The van der Waals surface area contributed by atoms with E-state index in [9.17, 15) is 0 Å². The average molecular weight is 257 g/mol.